The number of nitrogens with zero attached hydrogens (tertiary/aromatic N) is 2. The smallest absolute Gasteiger partial charge is 0.173 e. The maximum atomic E-state index is 12.3. The third-order valence-electron chi connectivity index (χ3n) is 3.75. The molecule has 0 radical (unpaired) electrons. The summed E-state index contributed by atoms with van der Waals surface area (Å²) in [6.45, 7) is 0. The third kappa shape index (κ3) is 6.03. The van der Waals surface area contributed by atoms with Crippen LogP contribution in [0.4, 0.5) is 0 Å². The Bertz CT molecular complexity index is 996. The first kappa shape index (κ1) is 22.2. The van der Waals surface area contributed by atoms with Crippen LogP contribution in [0, 0.1) is 11.3 Å². The summed E-state index contributed by atoms with van der Waals surface area (Å²) in [5.41, 5.74) is 1.67. The number of hydrogen-bond acceptors (Lipinski definition) is 7. The van der Waals surface area contributed by atoms with E-state index in [9.17, 15) is 14.9 Å². The summed E-state index contributed by atoms with van der Waals surface area (Å²) in [4.78, 5) is 24.7. The number of benzene rings is 2. The number of Topliss-reactive ketones (excluding diaryl/α,β-unsaturated/α-hetero) is 2. The lowest BCUT2D eigenvalue weighted by atomic mass is 10.2. The topological polar surface area (TPSA) is 70.8 Å². The molecule has 0 spiro atoms. The maximum Gasteiger partial charge on any atom is 0.173 e. The second-order valence-electron chi connectivity index (χ2n) is 5.70. The number of aromatic nitrogens is 1. The van der Waals surface area contributed by atoms with E-state index in [1.807, 2.05) is 24.3 Å². The minimum absolute atomic E-state index is 0.0144. The van der Waals surface area contributed by atoms with E-state index in [-0.39, 0.29) is 23.1 Å². The van der Waals surface area contributed by atoms with E-state index in [4.69, 9.17) is 0 Å². The van der Waals surface area contributed by atoms with E-state index in [0.29, 0.717) is 25.9 Å². The quantitative estimate of drug-likeness (QED) is 0.229. The molecule has 3 rings (SSSR count). The van der Waals surface area contributed by atoms with Crippen molar-refractivity contribution in [2.24, 2.45) is 0 Å². The molecule has 0 atom stereocenters. The molecular weight excluding hydrogens is 556 g/mol. The number of hydrogen-bond donors (Lipinski definition) is 0. The average Bonchev–Trinajstić information content (AvgIpc) is 3.13. The van der Waals surface area contributed by atoms with Gasteiger partial charge in [0.2, 0.25) is 0 Å². The van der Waals surface area contributed by atoms with Gasteiger partial charge in [-0.2, -0.15) is 9.64 Å². The van der Waals surface area contributed by atoms with Crippen molar-refractivity contribution in [2.75, 3.05) is 11.5 Å². The molecular formula is C20H12Br2N2O2S3. The highest BCUT2D eigenvalue weighted by Gasteiger charge is 2.18. The SMILES string of the molecule is N#Cc1c(SCC(=O)c2ccc(Br)cc2)nsc1SCC(=O)c1ccc(Br)cc1. The number of carbonyl (C=O) groups excluding carboxylic acids is 2. The number of carbonyl (C=O) groups is 2. The lowest BCUT2D eigenvalue weighted by molar-refractivity contribution is 0.101. The van der Waals surface area contributed by atoms with Crippen LogP contribution in [-0.4, -0.2) is 27.4 Å². The van der Waals surface area contributed by atoms with Crippen molar-refractivity contribution in [1.29, 1.82) is 5.26 Å². The van der Waals surface area contributed by atoms with Gasteiger partial charge in [0.1, 0.15) is 20.9 Å². The molecule has 0 amide bonds. The zero-order valence-corrected chi connectivity index (χ0v) is 20.3. The van der Waals surface area contributed by atoms with E-state index < -0.39 is 0 Å². The fourth-order valence-electron chi connectivity index (χ4n) is 2.26. The number of nitriles is 1. The van der Waals surface area contributed by atoms with Crippen molar-refractivity contribution >= 4 is 78.5 Å². The largest absolute Gasteiger partial charge is 0.293 e. The van der Waals surface area contributed by atoms with E-state index in [1.165, 1.54) is 35.1 Å². The van der Waals surface area contributed by atoms with Crippen molar-refractivity contribution < 1.29 is 9.59 Å². The molecule has 1 aromatic heterocycles. The molecule has 29 heavy (non-hydrogen) atoms. The van der Waals surface area contributed by atoms with E-state index in [0.717, 1.165) is 8.95 Å². The van der Waals surface area contributed by atoms with Crippen LogP contribution >= 0.6 is 66.9 Å². The van der Waals surface area contributed by atoms with Crippen molar-refractivity contribution in [1.82, 2.24) is 4.37 Å². The highest BCUT2D eigenvalue weighted by molar-refractivity contribution is 9.10. The fourth-order valence-corrected chi connectivity index (χ4v) is 5.67. The second kappa shape index (κ2) is 10.5. The molecule has 1 heterocycles. The molecule has 0 aliphatic rings. The molecule has 2 aromatic carbocycles. The average molecular weight is 568 g/mol. The Morgan fingerprint density at radius 2 is 1.38 bits per heavy atom. The molecule has 0 saturated carbocycles. The Labute approximate surface area is 197 Å². The van der Waals surface area contributed by atoms with Crippen LogP contribution in [0.3, 0.4) is 0 Å². The van der Waals surface area contributed by atoms with Gasteiger partial charge >= 0.3 is 0 Å². The van der Waals surface area contributed by atoms with E-state index >= 15 is 0 Å². The van der Waals surface area contributed by atoms with Crippen LogP contribution in [0.1, 0.15) is 26.3 Å². The number of halogens is 2. The first-order chi connectivity index (χ1) is 14.0. The lowest BCUT2D eigenvalue weighted by Gasteiger charge is -2.02. The zero-order chi connectivity index (χ0) is 20.8. The van der Waals surface area contributed by atoms with Crippen molar-refractivity contribution in [2.45, 2.75) is 9.24 Å². The van der Waals surface area contributed by atoms with Gasteiger partial charge in [0, 0.05) is 20.1 Å². The normalized spacial score (nSPS) is 10.5. The van der Waals surface area contributed by atoms with Crippen LogP contribution in [0.5, 0.6) is 0 Å². The summed E-state index contributed by atoms with van der Waals surface area (Å²) in [6.07, 6.45) is 0. The Balaban J connectivity index is 1.61. The predicted molar refractivity (Wildman–Crippen MR) is 125 cm³/mol. The van der Waals surface area contributed by atoms with Gasteiger partial charge < -0.3 is 0 Å². The highest BCUT2D eigenvalue weighted by Crippen LogP contribution is 2.34. The summed E-state index contributed by atoms with van der Waals surface area (Å²) in [5, 5.41) is 10.1. The molecule has 3 aromatic rings. The monoisotopic (exact) mass is 566 g/mol. The molecule has 0 fully saturated rings. The molecule has 146 valence electrons. The highest BCUT2D eigenvalue weighted by atomic mass is 79.9. The first-order valence-corrected chi connectivity index (χ1v) is 12.5. The number of ketones is 2. The van der Waals surface area contributed by atoms with Gasteiger partial charge in [0.25, 0.3) is 0 Å². The first-order valence-electron chi connectivity index (χ1n) is 8.21. The lowest BCUT2D eigenvalue weighted by Crippen LogP contribution is -2.02. The van der Waals surface area contributed by atoms with Gasteiger partial charge in [0.15, 0.2) is 11.6 Å². The molecule has 0 N–H and O–H groups in total. The molecule has 0 unspecified atom stereocenters. The number of rotatable bonds is 8. The molecule has 0 aliphatic heterocycles. The van der Waals surface area contributed by atoms with Gasteiger partial charge in [-0.25, -0.2) is 0 Å². The summed E-state index contributed by atoms with van der Waals surface area (Å²) < 4.78 is 6.83. The Morgan fingerprint density at radius 3 is 1.86 bits per heavy atom. The minimum atomic E-state index is -0.0287. The predicted octanol–water partition coefficient (Wildman–Crippen LogP) is 6.49. The van der Waals surface area contributed by atoms with Gasteiger partial charge in [-0.1, -0.05) is 67.9 Å². The molecule has 4 nitrogen and oxygen atoms in total. The Kier molecular flexibility index (Phi) is 8.09. The molecule has 0 saturated heterocycles. The Hall–Kier alpha value is -1.44. The minimum Gasteiger partial charge on any atom is -0.293 e. The maximum absolute atomic E-state index is 12.3. The summed E-state index contributed by atoms with van der Waals surface area (Å²) in [6, 6.07) is 16.5. The van der Waals surface area contributed by atoms with Crippen LogP contribution in [0.2, 0.25) is 0 Å². The summed E-state index contributed by atoms with van der Waals surface area (Å²) in [5.74, 6) is 0.376. The van der Waals surface area contributed by atoms with Crippen LogP contribution in [0.25, 0.3) is 0 Å². The van der Waals surface area contributed by atoms with Crippen molar-refractivity contribution in [3.63, 3.8) is 0 Å². The number of thioether (sulfide) groups is 2. The Morgan fingerprint density at radius 1 is 0.897 bits per heavy atom. The second-order valence-corrected chi connectivity index (χ2v) is 10.5. The summed E-state index contributed by atoms with van der Waals surface area (Å²) >= 11 is 10.4. The van der Waals surface area contributed by atoms with Crippen molar-refractivity contribution in [3.05, 3.63) is 74.2 Å². The van der Waals surface area contributed by atoms with Crippen molar-refractivity contribution in [3.8, 4) is 6.07 Å². The van der Waals surface area contributed by atoms with Crippen LogP contribution in [-0.2, 0) is 0 Å². The summed E-state index contributed by atoms with van der Waals surface area (Å²) in [7, 11) is 0. The van der Waals surface area contributed by atoms with E-state index in [2.05, 4.69) is 42.3 Å². The molecule has 0 aliphatic carbocycles. The van der Waals surface area contributed by atoms with Gasteiger partial charge in [-0.05, 0) is 35.8 Å². The molecule has 0 bridgehead atoms. The van der Waals surface area contributed by atoms with Crippen LogP contribution in [0.15, 0.2) is 66.7 Å². The van der Waals surface area contributed by atoms with Gasteiger partial charge in [-0.15, -0.1) is 11.8 Å². The van der Waals surface area contributed by atoms with Gasteiger partial charge in [-0.3, -0.25) is 9.59 Å². The molecule has 9 heteroatoms. The fraction of sp³-hybridized carbons (Fsp3) is 0.100. The van der Waals surface area contributed by atoms with Gasteiger partial charge in [0.05, 0.1) is 11.5 Å². The van der Waals surface area contributed by atoms with E-state index in [1.54, 1.807) is 24.3 Å². The standard InChI is InChI=1S/C20H12Br2N2O2S3/c21-14-5-1-12(2-6-14)17(25)10-27-19-16(9-23)20(29-24-19)28-11-18(26)13-3-7-15(22)8-4-13/h1-8H,10-11H2. The zero-order valence-electron chi connectivity index (χ0n) is 14.7. The third-order valence-corrected chi connectivity index (χ3v) is 7.99. The van der Waals surface area contributed by atoms with Crippen LogP contribution < -0.4 is 0 Å².